The van der Waals surface area contributed by atoms with Gasteiger partial charge in [-0.1, -0.05) is 6.07 Å². The first-order valence-electron chi connectivity index (χ1n) is 9.90. The van der Waals surface area contributed by atoms with Crippen LogP contribution in [0.2, 0.25) is 0 Å². The number of benzene rings is 1. The monoisotopic (exact) mass is 476 g/mol. The Morgan fingerprint density at radius 1 is 1.06 bits per heavy atom. The summed E-state index contributed by atoms with van der Waals surface area (Å²) in [6.45, 7) is 1.97. The molecule has 4 aromatic rings. The number of nitrogens with one attached hydrogen (secondary N) is 1. The molecule has 0 saturated carbocycles. The van der Waals surface area contributed by atoms with Crippen molar-refractivity contribution in [2.45, 2.75) is 25.9 Å². The molecular formula is C23H17F5N4O2. The molecule has 3 aromatic heterocycles. The van der Waals surface area contributed by atoms with Gasteiger partial charge in [-0.05, 0) is 37.3 Å². The van der Waals surface area contributed by atoms with E-state index < -0.39 is 34.8 Å². The third-order valence-electron chi connectivity index (χ3n) is 5.10. The number of carbonyl (C=O) groups is 1. The Hall–Kier alpha value is -4.02. The Kier molecular flexibility index (Phi) is 5.72. The highest BCUT2D eigenvalue weighted by Gasteiger charge is 2.37. The Bertz CT molecular complexity index is 1340. The van der Waals surface area contributed by atoms with Gasteiger partial charge in [0.2, 0.25) is 0 Å². The van der Waals surface area contributed by atoms with E-state index in [1.807, 2.05) is 0 Å². The normalized spacial score (nSPS) is 12.1. The maximum Gasteiger partial charge on any atom is 0.418 e. The summed E-state index contributed by atoms with van der Waals surface area (Å²) < 4.78 is 74.4. The minimum atomic E-state index is -4.91. The van der Waals surface area contributed by atoms with Gasteiger partial charge < -0.3 is 9.73 Å². The minimum absolute atomic E-state index is 0.145. The van der Waals surface area contributed by atoms with E-state index in [9.17, 15) is 26.7 Å². The smallest absolute Gasteiger partial charge is 0.418 e. The van der Waals surface area contributed by atoms with Crippen molar-refractivity contribution in [3.8, 4) is 17.0 Å². The van der Waals surface area contributed by atoms with Crippen LogP contribution in [0, 0.1) is 6.92 Å². The summed E-state index contributed by atoms with van der Waals surface area (Å²) in [5.41, 5.74) is -1.42. The van der Waals surface area contributed by atoms with Crippen LogP contribution in [-0.2, 0) is 12.1 Å². The number of anilines is 1. The summed E-state index contributed by atoms with van der Waals surface area (Å²) in [6.07, 6.45) is 0.590. The second kappa shape index (κ2) is 8.40. The number of amides is 1. The molecule has 4 rings (SSSR count). The van der Waals surface area contributed by atoms with Crippen molar-refractivity contribution >= 4 is 11.6 Å². The average molecular weight is 476 g/mol. The van der Waals surface area contributed by atoms with Crippen LogP contribution in [0.15, 0.2) is 65.7 Å². The van der Waals surface area contributed by atoms with Gasteiger partial charge in [0.1, 0.15) is 5.76 Å². The Labute approximate surface area is 190 Å². The second-order valence-corrected chi connectivity index (χ2v) is 7.57. The molecular weight excluding hydrogens is 459 g/mol. The van der Waals surface area contributed by atoms with Crippen molar-refractivity contribution < 1.29 is 31.2 Å². The molecule has 0 aliphatic heterocycles. The van der Waals surface area contributed by atoms with E-state index in [1.54, 1.807) is 18.2 Å². The zero-order valence-corrected chi connectivity index (χ0v) is 17.8. The third kappa shape index (κ3) is 4.54. The maximum atomic E-state index is 13.7. The van der Waals surface area contributed by atoms with Gasteiger partial charge in [0.15, 0.2) is 0 Å². The topological polar surface area (TPSA) is 73.0 Å². The number of nitrogens with zero attached hydrogens (tertiary/aromatic N) is 3. The standard InChI is InChI=1S/C23H17F5N4O2/c1-13-18(31-21(33)15-8-14(10-29-11-15)20-4-3-7-34-20)12-30-32(13)19-6-5-16(22(2,24)25)9-17(19)23(26,27)28/h3-12H,1-2H3,(H,31,33). The van der Waals surface area contributed by atoms with E-state index in [1.165, 1.54) is 31.8 Å². The van der Waals surface area contributed by atoms with Crippen molar-refractivity contribution in [1.29, 1.82) is 0 Å². The van der Waals surface area contributed by atoms with Gasteiger partial charge >= 0.3 is 6.18 Å². The summed E-state index contributed by atoms with van der Waals surface area (Å²) in [5, 5.41) is 6.53. The number of aromatic nitrogens is 3. The molecule has 0 unspecified atom stereocenters. The maximum absolute atomic E-state index is 13.7. The van der Waals surface area contributed by atoms with Crippen molar-refractivity contribution in [3.05, 3.63) is 83.6 Å². The number of hydrogen-bond acceptors (Lipinski definition) is 4. The van der Waals surface area contributed by atoms with Gasteiger partial charge in [0.25, 0.3) is 11.8 Å². The van der Waals surface area contributed by atoms with Crippen LogP contribution in [0.5, 0.6) is 0 Å². The van der Waals surface area contributed by atoms with Gasteiger partial charge in [-0.25, -0.2) is 13.5 Å². The Morgan fingerprint density at radius 3 is 2.47 bits per heavy atom. The Morgan fingerprint density at radius 2 is 1.82 bits per heavy atom. The number of carbonyl (C=O) groups excluding carboxylic acids is 1. The van der Waals surface area contributed by atoms with Crippen LogP contribution in [-0.4, -0.2) is 20.7 Å². The van der Waals surface area contributed by atoms with Crippen molar-refractivity contribution in [2.24, 2.45) is 0 Å². The van der Waals surface area contributed by atoms with Crippen LogP contribution in [0.25, 0.3) is 17.0 Å². The average Bonchev–Trinajstić information content (AvgIpc) is 3.43. The van der Waals surface area contributed by atoms with Crippen LogP contribution in [0.4, 0.5) is 27.6 Å². The van der Waals surface area contributed by atoms with E-state index in [0.29, 0.717) is 24.3 Å². The van der Waals surface area contributed by atoms with Crippen molar-refractivity contribution in [1.82, 2.24) is 14.8 Å². The van der Waals surface area contributed by atoms with E-state index >= 15 is 0 Å². The number of hydrogen-bond donors (Lipinski definition) is 1. The van der Waals surface area contributed by atoms with Crippen molar-refractivity contribution in [2.75, 3.05) is 5.32 Å². The van der Waals surface area contributed by atoms with E-state index in [-0.39, 0.29) is 16.9 Å². The van der Waals surface area contributed by atoms with Gasteiger partial charge in [0.05, 0.1) is 40.7 Å². The first-order valence-corrected chi connectivity index (χ1v) is 9.90. The lowest BCUT2D eigenvalue weighted by Gasteiger charge is -2.18. The fraction of sp³-hybridized carbons (Fsp3) is 0.174. The van der Waals surface area contributed by atoms with Gasteiger partial charge in [-0.15, -0.1) is 0 Å². The molecule has 11 heteroatoms. The first kappa shape index (κ1) is 23.1. The summed E-state index contributed by atoms with van der Waals surface area (Å²) in [5.74, 6) is -3.51. The van der Waals surface area contributed by atoms with Gasteiger partial charge in [0, 0.05) is 30.4 Å². The molecule has 0 atom stereocenters. The lowest BCUT2D eigenvalue weighted by Crippen LogP contribution is -2.16. The number of furan rings is 1. The number of pyridine rings is 1. The van der Waals surface area contributed by atoms with Crippen LogP contribution in [0.1, 0.15) is 34.1 Å². The van der Waals surface area contributed by atoms with Gasteiger partial charge in [-0.3, -0.25) is 9.78 Å². The van der Waals surface area contributed by atoms with E-state index in [0.717, 1.165) is 16.8 Å². The molecule has 0 saturated heterocycles. The summed E-state index contributed by atoms with van der Waals surface area (Å²) in [6, 6.07) is 7.18. The summed E-state index contributed by atoms with van der Waals surface area (Å²) in [7, 11) is 0. The first-order chi connectivity index (χ1) is 15.9. The van der Waals surface area contributed by atoms with Gasteiger partial charge in [-0.2, -0.15) is 18.3 Å². The number of halogens is 5. The molecule has 0 spiro atoms. The number of alkyl halides is 5. The number of rotatable bonds is 5. The third-order valence-corrected chi connectivity index (χ3v) is 5.10. The molecule has 1 N–H and O–H groups in total. The van der Waals surface area contributed by atoms with E-state index in [2.05, 4.69) is 15.4 Å². The predicted octanol–water partition coefficient (Wildman–Crippen LogP) is 6.22. The summed E-state index contributed by atoms with van der Waals surface area (Å²) >= 11 is 0. The molecule has 0 fully saturated rings. The lowest BCUT2D eigenvalue weighted by atomic mass is 10.0. The SMILES string of the molecule is Cc1c(NC(=O)c2cncc(-c3ccco3)c2)cnn1-c1ccc(C(C)(F)F)cc1C(F)(F)F. The quantitative estimate of drug-likeness (QED) is 0.347. The zero-order valence-electron chi connectivity index (χ0n) is 17.8. The zero-order chi connectivity index (χ0) is 24.7. The molecule has 0 bridgehead atoms. The molecule has 6 nitrogen and oxygen atoms in total. The minimum Gasteiger partial charge on any atom is -0.464 e. The predicted molar refractivity (Wildman–Crippen MR) is 113 cm³/mol. The molecule has 34 heavy (non-hydrogen) atoms. The van der Waals surface area contributed by atoms with E-state index in [4.69, 9.17) is 4.42 Å². The van der Waals surface area contributed by atoms with Crippen LogP contribution in [0.3, 0.4) is 0 Å². The fourth-order valence-corrected chi connectivity index (χ4v) is 3.33. The molecule has 0 aliphatic rings. The molecule has 1 aromatic carbocycles. The largest absolute Gasteiger partial charge is 0.464 e. The second-order valence-electron chi connectivity index (χ2n) is 7.57. The highest BCUT2D eigenvalue weighted by Crippen LogP contribution is 2.38. The molecule has 0 aliphatic carbocycles. The Balaban J connectivity index is 1.66. The molecule has 3 heterocycles. The highest BCUT2D eigenvalue weighted by atomic mass is 19.4. The molecule has 0 radical (unpaired) electrons. The van der Waals surface area contributed by atoms with Crippen LogP contribution < -0.4 is 5.32 Å². The van der Waals surface area contributed by atoms with Crippen LogP contribution >= 0.6 is 0 Å². The summed E-state index contributed by atoms with van der Waals surface area (Å²) in [4.78, 5) is 16.8. The fourth-order valence-electron chi connectivity index (χ4n) is 3.33. The highest BCUT2D eigenvalue weighted by molar-refractivity contribution is 6.04. The van der Waals surface area contributed by atoms with Crippen molar-refractivity contribution in [3.63, 3.8) is 0 Å². The lowest BCUT2D eigenvalue weighted by molar-refractivity contribution is -0.137. The molecule has 176 valence electrons. The molecule has 1 amide bonds.